The van der Waals surface area contributed by atoms with E-state index in [0.717, 1.165) is 16.9 Å². The molecular formula is C14H16N2O2. The summed E-state index contributed by atoms with van der Waals surface area (Å²) in [6, 6.07) is 9.05. The number of ether oxygens (including phenoxy) is 1. The van der Waals surface area contributed by atoms with Crippen LogP contribution < -0.4 is 15.9 Å². The van der Waals surface area contributed by atoms with E-state index in [1.807, 2.05) is 22.8 Å². The molecule has 1 aromatic carbocycles. The van der Waals surface area contributed by atoms with Crippen LogP contribution in [0.5, 0.6) is 5.75 Å². The molecule has 2 aromatic rings. The molecule has 0 aliphatic rings. The lowest BCUT2D eigenvalue weighted by Crippen LogP contribution is -2.06. The number of hydrogen-bond donors (Lipinski definition) is 1. The van der Waals surface area contributed by atoms with E-state index < -0.39 is 0 Å². The molecule has 1 aromatic heterocycles. The van der Waals surface area contributed by atoms with E-state index >= 15 is 0 Å². The number of pyridine rings is 1. The average Bonchev–Trinajstić information content (AvgIpc) is 2.41. The molecule has 0 saturated heterocycles. The number of methoxy groups -OCH3 is 1. The Labute approximate surface area is 106 Å². The van der Waals surface area contributed by atoms with Crippen molar-refractivity contribution in [1.82, 2.24) is 4.57 Å². The summed E-state index contributed by atoms with van der Waals surface area (Å²) in [6.45, 7) is 1.16. The van der Waals surface area contributed by atoms with Gasteiger partial charge in [0, 0.05) is 43.2 Å². The van der Waals surface area contributed by atoms with Gasteiger partial charge in [-0.15, -0.1) is 0 Å². The lowest BCUT2D eigenvalue weighted by molar-refractivity contribution is 0.409. The minimum Gasteiger partial charge on any atom is -0.496 e. The van der Waals surface area contributed by atoms with E-state index in [9.17, 15) is 4.79 Å². The fraction of sp³-hybridized carbons (Fsp3) is 0.214. The van der Waals surface area contributed by atoms with Crippen LogP contribution in [-0.2, 0) is 13.1 Å². The Balaban J connectivity index is 2.24. The number of aromatic nitrogens is 1. The van der Waals surface area contributed by atoms with Crippen LogP contribution in [0, 0.1) is 0 Å². The molecule has 4 heteroatoms. The predicted octanol–water partition coefficient (Wildman–Crippen LogP) is 1.36. The molecule has 0 unspecified atom stereocenters. The number of benzene rings is 1. The average molecular weight is 244 g/mol. The van der Waals surface area contributed by atoms with Crippen LogP contribution in [0.25, 0.3) is 0 Å². The van der Waals surface area contributed by atoms with Gasteiger partial charge >= 0.3 is 0 Å². The van der Waals surface area contributed by atoms with Crippen molar-refractivity contribution < 1.29 is 4.74 Å². The van der Waals surface area contributed by atoms with E-state index in [-0.39, 0.29) is 5.43 Å². The van der Waals surface area contributed by atoms with Gasteiger partial charge in [-0.2, -0.15) is 0 Å². The van der Waals surface area contributed by atoms with Crippen LogP contribution in [0.3, 0.4) is 0 Å². The molecule has 94 valence electrons. The topological polar surface area (TPSA) is 57.2 Å². The third kappa shape index (κ3) is 2.78. The van der Waals surface area contributed by atoms with Crippen LogP contribution in [0.15, 0.2) is 47.5 Å². The van der Waals surface area contributed by atoms with Gasteiger partial charge in [-0.05, 0) is 11.6 Å². The Morgan fingerprint density at radius 3 is 2.56 bits per heavy atom. The van der Waals surface area contributed by atoms with Gasteiger partial charge in [-0.1, -0.05) is 12.1 Å². The van der Waals surface area contributed by atoms with Crippen LogP contribution in [0.4, 0.5) is 0 Å². The van der Waals surface area contributed by atoms with E-state index in [2.05, 4.69) is 0 Å². The van der Waals surface area contributed by atoms with Gasteiger partial charge in [0.15, 0.2) is 5.43 Å². The Bertz CT molecular complexity index is 570. The molecule has 0 atom stereocenters. The highest BCUT2D eigenvalue weighted by Gasteiger charge is 2.03. The van der Waals surface area contributed by atoms with Crippen molar-refractivity contribution in [2.75, 3.05) is 7.11 Å². The van der Waals surface area contributed by atoms with Crippen LogP contribution in [0.1, 0.15) is 11.1 Å². The summed E-state index contributed by atoms with van der Waals surface area (Å²) < 4.78 is 7.24. The normalized spacial score (nSPS) is 10.3. The number of nitrogens with zero attached hydrogens (tertiary/aromatic N) is 1. The summed E-state index contributed by atoms with van der Waals surface area (Å²) in [7, 11) is 1.64. The molecule has 0 saturated carbocycles. The zero-order valence-electron chi connectivity index (χ0n) is 10.3. The van der Waals surface area contributed by atoms with Crippen LogP contribution in [0.2, 0.25) is 0 Å². The fourth-order valence-corrected chi connectivity index (χ4v) is 1.82. The smallest absolute Gasteiger partial charge is 0.181 e. The molecule has 18 heavy (non-hydrogen) atoms. The van der Waals surface area contributed by atoms with Crippen molar-refractivity contribution in [3.8, 4) is 5.75 Å². The first-order chi connectivity index (χ1) is 8.72. The minimum absolute atomic E-state index is 0.0160. The molecule has 0 spiro atoms. The second kappa shape index (κ2) is 5.51. The van der Waals surface area contributed by atoms with E-state index in [1.54, 1.807) is 31.6 Å². The summed E-state index contributed by atoms with van der Waals surface area (Å²) in [5.41, 5.74) is 7.73. The molecule has 4 nitrogen and oxygen atoms in total. The maximum atomic E-state index is 11.0. The van der Waals surface area contributed by atoms with Crippen LogP contribution >= 0.6 is 0 Å². The van der Waals surface area contributed by atoms with Gasteiger partial charge in [0.2, 0.25) is 0 Å². The molecule has 0 bridgehead atoms. The van der Waals surface area contributed by atoms with Gasteiger partial charge < -0.3 is 15.0 Å². The number of nitrogens with two attached hydrogens (primary N) is 1. The summed E-state index contributed by atoms with van der Waals surface area (Å²) in [6.07, 6.45) is 3.54. The van der Waals surface area contributed by atoms with Gasteiger partial charge in [0.1, 0.15) is 5.75 Å². The SMILES string of the molecule is COc1cc(Cn2ccc(=O)cc2)ccc1CN. The van der Waals surface area contributed by atoms with E-state index in [4.69, 9.17) is 10.5 Å². The summed E-state index contributed by atoms with van der Waals surface area (Å²) in [4.78, 5) is 11.0. The summed E-state index contributed by atoms with van der Waals surface area (Å²) in [5.74, 6) is 0.802. The number of rotatable bonds is 4. The maximum absolute atomic E-state index is 11.0. The Morgan fingerprint density at radius 2 is 1.94 bits per heavy atom. The predicted molar refractivity (Wildman–Crippen MR) is 70.7 cm³/mol. The van der Waals surface area contributed by atoms with Gasteiger partial charge in [0.25, 0.3) is 0 Å². The van der Waals surface area contributed by atoms with E-state index in [0.29, 0.717) is 13.1 Å². The van der Waals surface area contributed by atoms with Crippen molar-refractivity contribution in [2.24, 2.45) is 5.73 Å². The second-order valence-electron chi connectivity index (χ2n) is 4.06. The van der Waals surface area contributed by atoms with Gasteiger partial charge in [-0.3, -0.25) is 4.79 Å². The van der Waals surface area contributed by atoms with Crippen molar-refractivity contribution >= 4 is 0 Å². The molecule has 0 fully saturated rings. The highest BCUT2D eigenvalue weighted by molar-refractivity contribution is 5.37. The van der Waals surface area contributed by atoms with Gasteiger partial charge in [0.05, 0.1) is 7.11 Å². The Morgan fingerprint density at radius 1 is 1.22 bits per heavy atom. The first-order valence-corrected chi connectivity index (χ1v) is 5.75. The highest BCUT2D eigenvalue weighted by atomic mass is 16.5. The summed E-state index contributed by atoms with van der Waals surface area (Å²) in [5, 5.41) is 0. The van der Waals surface area contributed by atoms with Gasteiger partial charge in [-0.25, -0.2) is 0 Å². The fourth-order valence-electron chi connectivity index (χ4n) is 1.82. The van der Waals surface area contributed by atoms with Crippen molar-refractivity contribution in [3.63, 3.8) is 0 Å². The third-order valence-electron chi connectivity index (χ3n) is 2.80. The summed E-state index contributed by atoms with van der Waals surface area (Å²) >= 11 is 0. The molecule has 0 radical (unpaired) electrons. The first kappa shape index (κ1) is 12.4. The molecule has 0 amide bonds. The molecule has 2 N–H and O–H groups in total. The monoisotopic (exact) mass is 244 g/mol. The Hall–Kier alpha value is -2.07. The zero-order chi connectivity index (χ0) is 13.0. The molecule has 2 rings (SSSR count). The molecular weight excluding hydrogens is 228 g/mol. The van der Waals surface area contributed by atoms with Crippen LogP contribution in [-0.4, -0.2) is 11.7 Å². The highest BCUT2D eigenvalue weighted by Crippen LogP contribution is 2.20. The molecule has 1 heterocycles. The largest absolute Gasteiger partial charge is 0.496 e. The lowest BCUT2D eigenvalue weighted by atomic mass is 10.1. The zero-order valence-corrected chi connectivity index (χ0v) is 10.3. The Kier molecular flexibility index (Phi) is 3.79. The molecule has 0 aliphatic heterocycles. The minimum atomic E-state index is 0.0160. The van der Waals surface area contributed by atoms with Crippen molar-refractivity contribution in [3.05, 3.63) is 64.1 Å². The number of hydrogen-bond acceptors (Lipinski definition) is 3. The third-order valence-corrected chi connectivity index (χ3v) is 2.80. The second-order valence-corrected chi connectivity index (χ2v) is 4.06. The van der Waals surface area contributed by atoms with Crippen molar-refractivity contribution in [1.29, 1.82) is 0 Å². The lowest BCUT2D eigenvalue weighted by Gasteiger charge is -2.10. The van der Waals surface area contributed by atoms with E-state index in [1.165, 1.54) is 0 Å². The maximum Gasteiger partial charge on any atom is 0.181 e. The van der Waals surface area contributed by atoms with Crippen molar-refractivity contribution in [2.45, 2.75) is 13.1 Å². The standard InChI is InChI=1S/C14H16N2O2/c1-18-14-8-11(2-3-12(14)9-15)10-16-6-4-13(17)5-7-16/h2-8H,9-10,15H2,1H3. The first-order valence-electron chi connectivity index (χ1n) is 5.75. The quantitative estimate of drug-likeness (QED) is 0.883. The molecule has 0 aliphatic carbocycles.